The van der Waals surface area contributed by atoms with Crippen LogP contribution in [0.4, 0.5) is 4.39 Å². The third-order valence-corrected chi connectivity index (χ3v) is 1.98. The monoisotopic (exact) mass is 228 g/mol. The normalized spacial score (nSPS) is 10.6. The summed E-state index contributed by atoms with van der Waals surface area (Å²) in [6.07, 6.45) is 2.74. The van der Waals surface area contributed by atoms with Gasteiger partial charge in [-0.2, -0.15) is 0 Å². The molecule has 1 aromatic carbocycles. The molecule has 0 radical (unpaired) electrons. The van der Waals surface area contributed by atoms with Gasteiger partial charge in [0.25, 0.3) is 0 Å². The lowest BCUT2D eigenvalue weighted by Gasteiger charge is -1.98. The van der Waals surface area contributed by atoms with Gasteiger partial charge in [-0.1, -0.05) is 17.7 Å². The van der Waals surface area contributed by atoms with E-state index in [0.29, 0.717) is 12.2 Å². The molecule has 0 saturated heterocycles. The van der Waals surface area contributed by atoms with Crippen molar-refractivity contribution in [1.82, 2.24) is 0 Å². The summed E-state index contributed by atoms with van der Waals surface area (Å²) in [6, 6.07) is 3.95. The van der Waals surface area contributed by atoms with E-state index in [-0.39, 0.29) is 5.02 Å². The standard InChI is InChI=1S/C11H10ClFO2/c1-2-15-11(14)6-4-8-3-5-9(13)7-10(8)12/h3-7H,2H2,1H3/b6-4+. The molecule has 1 aromatic rings. The van der Waals surface area contributed by atoms with E-state index in [4.69, 9.17) is 11.6 Å². The number of hydrogen-bond donors (Lipinski definition) is 0. The molecule has 0 aliphatic heterocycles. The number of ether oxygens (including phenoxy) is 1. The summed E-state index contributed by atoms with van der Waals surface area (Å²) in [5.74, 6) is -0.855. The molecule has 0 saturated carbocycles. The SMILES string of the molecule is CCOC(=O)/C=C/c1ccc(F)cc1Cl. The van der Waals surface area contributed by atoms with Crippen LogP contribution in [0, 0.1) is 5.82 Å². The van der Waals surface area contributed by atoms with Gasteiger partial charge in [-0.3, -0.25) is 0 Å². The molecule has 0 unspecified atom stereocenters. The minimum atomic E-state index is -0.446. The number of carbonyl (C=O) groups excluding carboxylic acids is 1. The smallest absolute Gasteiger partial charge is 0.330 e. The molecule has 0 aliphatic carbocycles. The third kappa shape index (κ3) is 3.72. The summed E-state index contributed by atoms with van der Waals surface area (Å²) in [6.45, 7) is 2.04. The molecule has 2 nitrogen and oxygen atoms in total. The fourth-order valence-corrected chi connectivity index (χ4v) is 1.22. The summed E-state index contributed by atoms with van der Waals surface area (Å²) in [5.41, 5.74) is 0.575. The molecule has 80 valence electrons. The van der Waals surface area contributed by atoms with Gasteiger partial charge in [0.15, 0.2) is 0 Å². The fourth-order valence-electron chi connectivity index (χ4n) is 0.985. The Balaban J connectivity index is 2.76. The minimum absolute atomic E-state index is 0.260. The Morgan fingerprint density at radius 1 is 1.60 bits per heavy atom. The molecule has 0 heterocycles. The molecule has 0 spiro atoms. The Morgan fingerprint density at radius 2 is 2.33 bits per heavy atom. The Bertz CT molecular complexity index is 388. The summed E-state index contributed by atoms with van der Waals surface area (Å²) in [5, 5.41) is 0.260. The lowest BCUT2D eigenvalue weighted by molar-refractivity contribution is -0.137. The maximum atomic E-state index is 12.7. The number of esters is 1. The van der Waals surface area contributed by atoms with Gasteiger partial charge in [0, 0.05) is 6.08 Å². The van der Waals surface area contributed by atoms with Crippen LogP contribution >= 0.6 is 11.6 Å². The Hall–Kier alpha value is -1.35. The first-order chi connectivity index (χ1) is 7.13. The van der Waals surface area contributed by atoms with Crippen molar-refractivity contribution in [2.24, 2.45) is 0 Å². The maximum Gasteiger partial charge on any atom is 0.330 e. The number of benzene rings is 1. The molecule has 15 heavy (non-hydrogen) atoms. The van der Waals surface area contributed by atoms with Crippen LogP contribution in [0.3, 0.4) is 0 Å². The Kier molecular flexibility index (Phi) is 4.31. The van der Waals surface area contributed by atoms with Crippen molar-refractivity contribution in [3.05, 3.63) is 40.7 Å². The van der Waals surface area contributed by atoms with Crippen LogP contribution in [0.5, 0.6) is 0 Å². The molecule has 1 rings (SSSR count). The highest BCUT2D eigenvalue weighted by Crippen LogP contribution is 2.18. The highest BCUT2D eigenvalue weighted by atomic mass is 35.5. The van der Waals surface area contributed by atoms with E-state index in [0.717, 1.165) is 0 Å². The van der Waals surface area contributed by atoms with Crippen molar-refractivity contribution in [3.63, 3.8) is 0 Å². The van der Waals surface area contributed by atoms with E-state index in [1.54, 1.807) is 6.92 Å². The highest BCUT2D eigenvalue weighted by Gasteiger charge is 1.99. The van der Waals surface area contributed by atoms with E-state index in [1.165, 1.54) is 30.4 Å². The fraction of sp³-hybridized carbons (Fsp3) is 0.182. The molecule has 0 aliphatic rings. The highest BCUT2D eigenvalue weighted by molar-refractivity contribution is 6.32. The van der Waals surface area contributed by atoms with E-state index < -0.39 is 11.8 Å². The van der Waals surface area contributed by atoms with E-state index in [9.17, 15) is 9.18 Å². The summed E-state index contributed by atoms with van der Waals surface area (Å²) >= 11 is 5.75. The second-order valence-electron chi connectivity index (χ2n) is 2.75. The van der Waals surface area contributed by atoms with Gasteiger partial charge in [0.1, 0.15) is 5.82 Å². The van der Waals surface area contributed by atoms with Crippen LogP contribution in [0.2, 0.25) is 5.02 Å². The molecule has 0 fully saturated rings. The average Bonchev–Trinajstić information content (AvgIpc) is 2.17. The summed E-state index contributed by atoms with van der Waals surface area (Å²) in [7, 11) is 0. The maximum absolute atomic E-state index is 12.7. The topological polar surface area (TPSA) is 26.3 Å². The first-order valence-electron chi connectivity index (χ1n) is 4.43. The van der Waals surface area contributed by atoms with E-state index >= 15 is 0 Å². The number of carbonyl (C=O) groups is 1. The molecular weight excluding hydrogens is 219 g/mol. The zero-order chi connectivity index (χ0) is 11.3. The number of halogens is 2. The van der Waals surface area contributed by atoms with Gasteiger partial charge in [-0.15, -0.1) is 0 Å². The van der Waals surface area contributed by atoms with Gasteiger partial charge < -0.3 is 4.74 Å². The van der Waals surface area contributed by atoms with Crippen molar-refractivity contribution >= 4 is 23.6 Å². The predicted molar refractivity (Wildman–Crippen MR) is 57.1 cm³/mol. The zero-order valence-electron chi connectivity index (χ0n) is 8.17. The molecule has 4 heteroatoms. The quantitative estimate of drug-likeness (QED) is 0.587. The van der Waals surface area contributed by atoms with Crippen molar-refractivity contribution < 1.29 is 13.9 Å². The average molecular weight is 229 g/mol. The van der Waals surface area contributed by atoms with Crippen LogP contribution < -0.4 is 0 Å². The second-order valence-corrected chi connectivity index (χ2v) is 3.16. The van der Waals surface area contributed by atoms with Crippen LogP contribution in [-0.2, 0) is 9.53 Å². The molecule has 0 amide bonds. The Labute approximate surface area is 92.3 Å². The molecule has 0 atom stereocenters. The largest absolute Gasteiger partial charge is 0.463 e. The lowest BCUT2D eigenvalue weighted by atomic mass is 10.2. The third-order valence-electron chi connectivity index (χ3n) is 1.65. The van der Waals surface area contributed by atoms with E-state index in [1.807, 2.05) is 0 Å². The molecule has 0 aromatic heterocycles. The Morgan fingerprint density at radius 3 is 2.93 bits per heavy atom. The molecule has 0 bridgehead atoms. The second kappa shape index (κ2) is 5.51. The first-order valence-corrected chi connectivity index (χ1v) is 4.81. The summed E-state index contributed by atoms with van der Waals surface area (Å²) in [4.78, 5) is 11.0. The summed E-state index contributed by atoms with van der Waals surface area (Å²) < 4.78 is 17.4. The van der Waals surface area contributed by atoms with Gasteiger partial charge in [0.2, 0.25) is 0 Å². The van der Waals surface area contributed by atoms with Crippen molar-refractivity contribution in [2.45, 2.75) is 6.92 Å². The van der Waals surface area contributed by atoms with Crippen LogP contribution in [0.15, 0.2) is 24.3 Å². The number of rotatable bonds is 3. The van der Waals surface area contributed by atoms with Crippen LogP contribution in [0.1, 0.15) is 12.5 Å². The van der Waals surface area contributed by atoms with Gasteiger partial charge in [0.05, 0.1) is 11.6 Å². The zero-order valence-corrected chi connectivity index (χ0v) is 8.92. The van der Waals surface area contributed by atoms with Crippen LogP contribution in [0.25, 0.3) is 6.08 Å². The minimum Gasteiger partial charge on any atom is -0.463 e. The van der Waals surface area contributed by atoms with Crippen molar-refractivity contribution in [2.75, 3.05) is 6.61 Å². The molecular formula is C11H10ClFO2. The van der Waals surface area contributed by atoms with Gasteiger partial charge in [-0.25, -0.2) is 9.18 Å². The lowest BCUT2D eigenvalue weighted by Crippen LogP contribution is -1.98. The van der Waals surface area contributed by atoms with Gasteiger partial charge in [-0.05, 0) is 30.7 Å². The van der Waals surface area contributed by atoms with Crippen molar-refractivity contribution in [1.29, 1.82) is 0 Å². The van der Waals surface area contributed by atoms with Crippen molar-refractivity contribution in [3.8, 4) is 0 Å². The predicted octanol–water partition coefficient (Wildman–Crippen LogP) is 3.06. The van der Waals surface area contributed by atoms with Crippen LogP contribution in [-0.4, -0.2) is 12.6 Å². The van der Waals surface area contributed by atoms with Gasteiger partial charge >= 0.3 is 5.97 Å². The van der Waals surface area contributed by atoms with E-state index in [2.05, 4.69) is 4.74 Å². The number of hydrogen-bond acceptors (Lipinski definition) is 2. The molecule has 0 N–H and O–H groups in total. The first kappa shape index (κ1) is 11.7.